The van der Waals surface area contributed by atoms with Crippen molar-refractivity contribution in [2.24, 2.45) is 0 Å². The van der Waals surface area contributed by atoms with Gasteiger partial charge in [0, 0.05) is 0 Å². The monoisotopic (exact) mass is 496 g/mol. The summed E-state index contributed by atoms with van der Waals surface area (Å²) in [5.74, 6) is -1.73. The predicted octanol–water partition coefficient (Wildman–Crippen LogP) is 1.18. The lowest BCUT2D eigenvalue weighted by atomic mass is 10.5. The first-order valence-corrected chi connectivity index (χ1v) is 10.5. The zero-order chi connectivity index (χ0) is 24.6. The minimum absolute atomic E-state index is 0.108. The van der Waals surface area contributed by atoms with Crippen molar-refractivity contribution >= 4 is 27.8 Å². The molecule has 2 amide bonds. The molecule has 0 aliphatic carbocycles. The Bertz CT molecular complexity index is 1090. The highest BCUT2D eigenvalue weighted by molar-refractivity contribution is 7.90. The first kappa shape index (κ1) is 25.7. The number of methoxy groups -OCH3 is 1. The highest BCUT2D eigenvalue weighted by Gasteiger charge is 2.33. The minimum Gasteiger partial charge on any atom is -0.467 e. The number of amides is 2. The molecule has 2 heterocycles. The normalized spacial score (nSPS) is 11.6. The van der Waals surface area contributed by atoms with E-state index in [-0.39, 0.29) is 24.4 Å². The quantitative estimate of drug-likeness (QED) is 0.316. The molecule has 2 aromatic rings. The summed E-state index contributed by atoms with van der Waals surface area (Å²) < 4.78 is 74.4. The van der Waals surface area contributed by atoms with Gasteiger partial charge in [-0.15, -0.1) is 0 Å². The van der Waals surface area contributed by atoms with Crippen molar-refractivity contribution in [2.75, 3.05) is 31.1 Å². The van der Waals surface area contributed by atoms with E-state index in [0.29, 0.717) is 6.42 Å². The van der Waals surface area contributed by atoms with E-state index in [1.165, 1.54) is 14.0 Å². The van der Waals surface area contributed by atoms with Crippen molar-refractivity contribution in [3.8, 4) is 11.9 Å². The molecule has 0 unspecified atom stereocenters. The Morgan fingerprint density at radius 1 is 1.18 bits per heavy atom. The van der Waals surface area contributed by atoms with Crippen LogP contribution in [0.5, 0.6) is 11.9 Å². The molecule has 33 heavy (non-hydrogen) atoms. The number of anilines is 2. The largest absolute Gasteiger partial charge is 0.467 e. The van der Waals surface area contributed by atoms with Crippen LogP contribution in [0.25, 0.3) is 0 Å². The summed E-state index contributed by atoms with van der Waals surface area (Å²) >= 11 is 0. The zero-order valence-electron chi connectivity index (χ0n) is 17.4. The van der Waals surface area contributed by atoms with Crippen LogP contribution in [0.15, 0.2) is 11.2 Å². The summed E-state index contributed by atoms with van der Waals surface area (Å²) in [6.07, 6.45) is -3.52. The molecule has 0 spiro atoms. The summed E-state index contributed by atoms with van der Waals surface area (Å²) in [6.45, 7) is 1.47. The molecule has 0 atom stereocenters. The number of alkyl halides is 3. The van der Waals surface area contributed by atoms with Crippen LogP contribution in [-0.4, -0.2) is 65.9 Å². The van der Waals surface area contributed by atoms with Crippen LogP contribution >= 0.6 is 0 Å². The number of halogens is 3. The average molecular weight is 496 g/mol. The van der Waals surface area contributed by atoms with Gasteiger partial charge in [0.05, 0.1) is 13.7 Å². The number of nitrogens with zero attached hydrogens (tertiary/aromatic N) is 5. The van der Waals surface area contributed by atoms with Gasteiger partial charge in [-0.05, 0) is 13.3 Å². The number of ether oxygens (including phenoxy) is 2. The van der Waals surface area contributed by atoms with E-state index in [2.05, 4.69) is 35.1 Å². The Balaban J connectivity index is 2.33. The van der Waals surface area contributed by atoms with Gasteiger partial charge in [-0.1, -0.05) is 6.92 Å². The number of rotatable bonds is 10. The molecule has 3 N–H and O–H groups in total. The number of carbonyl (C=O) groups is 1. The highest BCUT2D eigenvalue weighted by atomic mass is 32.2. The Morgan fingerprint density at radius 3 is 2.55 bits per heavy atom. The van der Waals surface area contributed by atoms with Crippen molar-refractivity contribution < 1.29 is 40.7 Å². The Labute approximate surface area is 185 Å². The van der Waals surface area contributed by atoms with Gasteiger partial charge in [0.15, 0.2) is 17.3 Å². The molecule has 0 bridgehead atoms. The maximum Gasteiger partial charge on any atom is 0.422 e. The lowest BCUT2D eigenvalue weighted by Gasteiger charge is -2.16. The van der Waals surface area contributed by atoms with Crippen LogP contribution in [0.4, 0.5) is 29.7 Å². The molecule has 0 aromatic carbocycles. The number of carbonyl (C=O) groups excluding carboxylic acids is 1. The topological polar surface area (TPSA) is 179 Å². The molecule has 14 nitrogen and oxygen atoms in total. The number of aromatic nitrogens is 5. The number of sulfonamides is 1. The van der Waals surface area contributed by atoms with Crippen LogP contribution in [0.1, 0.15) is 19.2 Å². The molecule has 0 aliphatic heterocycles. The number of nitrogens with one attached hydrogen (secondary N) is 3. The second-order valence-electron chi connectivity index (χ2n) is 5.96. The standard InChI is InChI=1S/C15H19F3N8O6S/c1-4-5-32-25-10-9(11(20-7-19-10)31-6-15(16,17)18)33(28,29)26-13(27)23-12-21-8(2)22-14(24-12)30-3/h7H,4-6H2,1-3H3,(H,19,20,25)(H2,21,22,23,24,26,27). The van der Waals surface area contributed by atoms with Gasteiger partial charge in [0.1, 0.15) is 12.2 Å². The number of hydrogen-bond donors (Lipinski definition) is 3. The summed E-state index contributed by atoms with van der Waals surface area (Å²) in [5, 5.41) is 2.05. The predicted molar refractivity (Wildman–Crippen MR) is 104 cm³/mol. The second kappa shape index (κ2) is 10.9. The Kier molecular flexibility index (Phi) is 8.46. The van der Waals surface area contributed by atoms with Gasteiger partial charge in [-0.3, -0.25) is 10.2 Å². The maximum atomic E-state index is 12.8. The SMILES string of the molecule is CCCONc1ncnc(OCC(F)(F)F)c1S(=O)(=O)NC(=O)Nc1nc(C)nc(OC)n1. The van der Waals surface area contributed by atoms with Crippen LogP contribution < -0.4 is 25.0 Å². The van der Waals surface area contributed by atoms with Crippen molar-refractivity contribution in [3.05, 3.63) is 12.2 Å². The third-order valence-electron chi connectivity index (χ3n) is 3.25. The maximum absolute atomic E-state index is 12.8. The first-order valence-electron chi connectivity index (χ1n) is 8.98. The molecule has 0 saturated heterocycles. The van der Waals surface area contributed by atoms with E-state index >= 15 is 0 Å². The molecular formula is C15H19F3N8O6S. The number of urea groups is 1. The summed E-state index contributed by atoms with van der Waals surface area (Å²) in [7, 11) is -3.64. The molecule has 0 saturated carbocycles. The third kappa shape index (κ3) is 7.83. The summed E-state index contributed by atoms with van der Waals surface area (Å²) in [5.41, 5.74) is 2.19. The zero-order valence-corrected chi connectivity index (χ0v) is 18.2. The van der Waals surface area contributed by atoms with E-state index in [1.807, 2.05) is 5.32 Å². The Morgan fingerprint density at radius 2 is 1.91 bits per heavy atom. The van der Waals surface area contributed by atoms with E-state index in [0.717, 1.165) is 6.33 Å². The lowest BCUT2D eigenvalue weighted by Crippen LogP contribution is -2.36. The fourth-order valence-corrected chi connectivity index (χ4v) is 3.14. The summed E-state index contributed by atoms with van der Waals surface area (Å²) in [4.78, 5) is 34.6. The second-order valence-corrected chi connectivity index (χ2v) is 7.58. The minimum atomic E-state index is -4.90. The molecule has 2 rings (SSSR count). The average Bonchev–Trinajstić information content (AvgIpc) is 2.70. The molecule has 2 aromatic heterocycles. The van der Waals surface area contributed by atoms with Gasteiger partial charge >= 0.3 is 18.2 Å². The van der Waals surface area contributed by atoms with Crippen molar-refractivity contribution in [3.63, 3.8) is 0 Å². The van der Waals surface area contributed by atoms with Crippen molar-refractivity contribution in [1.29, 1.82) is 0 Å². The first-order chi connectivity index (χ1) is 15.4. The fraction of sp³-hybridized carbons (Fsp3) is 0.467. The van der Waals surface area contributed by atoms with Gasteiger partial charge in [0.2, 0.25) is 11.8 Å². The van der Waals surface area contributed by atoms with E-state index in [4.69, 9.17) is 9.57 Å². The van der Waals surface area contributed by atoms with Gasteiger partial charge < -0.3 is 9.47 Å². The van der Waals surface area contributed by atoms with Crippen LogP contribution in [0, 0.1) is 6.92 Å². The lowest BCUT2D eigenvalue weighted by molar-refractivity contribution is -0.154. The molecule has 18 heteroatoms. The van der Waals surface area contributed by atoms with Crippen molar-refractivity contribution in [1.82, 2.24) is 29.6 Å². The molecule has 0 fully saturated rings. The van der Waals surface area contributed by atoms with Crippen molar-refractivity contribution in [2.45, 2.75) is 31.3 Å². The highest BCUT2D eigenvalue weighted by Crippen LogP contribution is 2.29. The van der Waals surface area contributed by atoms with E-state index in [1.54, 1.807) is 11.6 Å². The van der Waals surface area contributed by atoms with Crippen LogP contribution in [0.2, 0.25) is 0 Å². The molecule has 0 radical (unpaired) electrons. The third-order valence-corrected chi connectivity index (χ3v) is 4.61. The van der Waals surface area contributed by atoms with E-state index in [9.17, 15) is 26.4 Å². The number of hydrogen-bond acceptors (Lipinski definition) is 12. The molecule has 182 valence electrons. The van der Waals surface area contributed by atoms with E-state index < -0.39 is 45.4 Å². The van der Waals surface area contributed by atoms with Crippen LogP contribution in [0.3, 0.4) is 0 Å². The van der Waals surface area contributed by atoms with Crippen LogP contribution in [-0.2, 0) is 14.9 Å². The fourth-order valence-electron chi connectivity index (χ4n) is 2.05. The van der Waals surface area contributed by atoms with Gasteiger partial charge in [-0.2, -0.15) is 28.1 Å². The molecule has 0 aliphatic rings. The number of aryl methyl sites for hydroxylation is 1. The Hall–Kier alpha value is -3.54. The van der Waals surface area contributed by atoms with Gasteiger partial charge in [-0.25, -0.2) is 33.4 Å². The van der Waals surface area contributed by atoms with Gasteiger partial charge in [0.25, 0.3) is 10.0 Å². The molecular weight excluding hydrogens is 477 g/mol. The smallest absolute Gasteiger partial charge is 0.422 e. The summed E-state index contributed by atoms with van der Waals surface area (Å²) in [6, 6.07) is -1.51.